The maximum absolute atomic E-state index is 10.8. The number of likely N-dealkylation sites (tertiary alicyclic amines) is 1. The van der Waals surface area contributed by atoms with Crippen molar-refractivity contribution < 1.29 is 9.59 Å². The summed E-state index contributed by atoms with van der Waals surface area (Å²) >= 11 is 0. The molecule has 1 rings (SSSR count). The highest BCUT2D eigenvalue weighted by Crippen LogP contribution is 2.14. The van der Waals surface area contributed by atoms with E-state index >= 15 is 0 Å². The van der Waals surface area contributed by atoms with Gasteiger partial charge in [-0.1, -0.05) is 0 Å². The van der Waals surface area contributed by atoms with Crippen molar-refractivity contribution in [2.45, 2.75) is 25.8 Å². The van der Waals surface area contributed by atoms with Crippen molar-refractivity contribution in [1.82, 2.24) is 4.90 Å². The lowest BCUT2D eigenvalue weighted by Crippen LogP contribution is -2.30. The van der Waals surface area contributed by atoms with Crippen molar-refractivity contribution in [3.05, 3.63) is 0 Å². The number of Topliss-reactive ketones (excluding diaryl/α,β-unsaturated/α-hetero) is 1. The Bertz CT molecular complexity index is 206. The Balaban J connectivity index is 0.000000292. The van der Waals surface area contributed by atoms with Gasteiger partial charge in [0.05, 0.1) is 12.6 Å². The molecular formula is C9H19N3O2. The Morgan fingerprint density at radius 1 is 1.50 bits per heavy atom. The normalized spacial score (nSPS) is 21.2. The van der Waals surface area contributed by atoms with Gasteiger partial charge in [0.2, 0.25) is 5.91 Å². The standard InChI is InChI=1S/C7H13NO.C2H6N2O/c1-6(9)7-4-3-5-8(7)2;3-1-2(4)5/h7H,3-5H2,1-2H3;1,3H2,(H2,4,5). The molecule has 0 spiro atoms. The second kappa shape index (κ2) is 6.50. The number of hydrogen-bond donors (Lipinski definition) is 2. The Morgan fingerprint density at radius 3 is 2.14 bits per heavy atom. The van der Waals surface area contributed by atoms with Crippen molar-refractivity contribution >= 4 is 11.7 Å². The number of likely N-dealkylation sites (N-methyl/N-ethyl adjacent to an activating group) is 1. The van der Waals surface area contributed by atoms with Crippen molar-refractivity contribution in [3.63, 3.8) is 0 Å². The lowest BCUT2D eigenvalue weighted by molar-refractivity contribution is -0.120. The van der Waals surface area contributed by atoms with E-state index in [-0.39, 0.29) is 12.6 Å². The van der Waals surface area contributed by atoms with Crippen LogP contribution in [-0.2, 0) is 9.59 Å². The zero-order chi connectivity index (χ0) is 11.1. The predicted molar refractivity (Wildman–Crippen MR) is 54.6 cm³/mol. The van der Waals surface area contributed by atoms with Crippen LogP contribution in [0.3, 0.4) is 0 Å². The van der Waals surface area contributed by atoms with Gasteiger partial charge in [0, 0.05) is 0 Å². The van der Waals surface area contributed by atoms with Crippen LogP contribution in [0.1, 0.15) is 19.8 Å². The number of carbonyl (C=O) groups excluding carboxylic acids is 2. The molecule has 1 fully saturated rings. The molecule has 0 bridgehead atoms. The molecule has 1 amide bonds. The topological polar surface area (TPSA) is 89.4 Å². The zero-order valence-electron chi connectivity index (χ0n) is 8.82. The summed E-state index contributed by atoms with van der Waals surface area (Å²) in [6.45, 7) is 2.71. The van der Waals surface area contributed by atoms with Crippen LogP contribution in [0.2, 0.25) is 0 Å². The minimum atomic E-state index is -0.468. The van der Waals surface area contributed by atoms with E-state index in [4.69, 9.17) is 5.73 Å². The summed E-state index contributed by atoms with van der Waals surface area (Å²) in [5, 5.41) is 0. The van der Waals surface area contributed by atoms with Crippen LogP contribution in [0.15, 0.2) is 0 Å². The number of amides is 1. The third-order valence-electron chi connectivity index (χ3n) is 2.19. The third kappa shape index (κ3) is 4.94. The van der Waals surface area contributed by atoms with Crippen molar-refractivity contribution in [2.24, 2.45) is 11.5 Å². The molecule has 82 valence electrons. The van der Waals surface area contributed by atoms with Gasteiger partial charge in [-0.05, 0) is 33.4 Å². The first kappa shape index (κ1) is 13.1. The molecule has 0 radical (unpaired) electrons. The molecule has 1 aliphatic heterocycles. The number of rotatable bonds is 2. The number of nitrogens with zero attached hydrogens (tertiary/aromatic N) is 1. The minimum Gasteiger partial charge on any atom is -0.369 e. The summed E-state index contributed by atoms with van der Waals surface area (Å²) in [6.07, 6.45) is 2.24. The monoisotopic (exact) mass is 201 g/mol. The van der Waals surface area contributed by atoms with Gasteiger partial charge in [0.25, 0.3) is 0 Å². The summed E-state index contributed by atoms with van der Waals surface area (Å²) in [5.74, 6) is -0.153. The fraction of sp³-hybridized carbons (Fsp3) is 0.778. The highest BCUT2D eigenvalue weighted by Gasteiger charge is 2.23. The second-order valence-electron chi connectivity index (χ2n) is 3.42. The maximum atomic E-state index is 10.8. The Labute approximate surface area is 84.4 Å². The van der Waals surface area contributed by atoms with Gasteiger partial charge in [-0.2, -0.15) is 0 Å². The van der Waals surface area contributed by atoms with Crippen LogP contribution >= 0.6 is 0 Å². The van der Waals surface area contributed by atoms with Crippen LogP contribution in [-0.4, -0.2) is 42.8 Å². The summed E-state index contributed by atoms with van der Waals surface area (Å²) in [7, 11) is 2.01. The first-order valence-electron chi connectivity index (χ1n) is 4.68. The Morgan fingerprint density at radius 2 is 2.00 bits per heavy atom. The molecule has 4 N–H and O–H groups in total. The van der Waals surface area contributed by atoms with Crippen molar-refractivity contribution in [1.29, 1.82) is 0 Å². The predicted octanol–water partition coefficient (Wildman–Crippen LogP) is -0.900. The van der Waals surface area contributed by atoms with Gasteiger partial charge in [-0.25, -0.2) is 0 Å². The van der Waals surface area contributed by atoms with E-state index in [0.29, 0.717) is 5.78 Å². The van der Waals surface area contributed by atoms with E-state index < -0.39 is 5.91 Å². The van der Waals surface area contributed by atoms with Crippen LogP contribution in [0.25, 0.3) is 0 Å². The van der Waals surface area contributed by atoms with Crippen LogP contribution in [0.5, 0.6) is 0 Å². The van der Waals surface area contributed by atoms with Gasteiger partial charge < -0.3 is 11.5 Å². The molecule has 14 heavy (non-hydrogen) atoms. The largest absolute Gasteiger partial charge is 0.369 e. The van der Waals surface area contributed by atoms with E-state index in [1.807, 2.05) is 7.05 Å². The molecule has 0 aromatic heterocycles. The smallest absolute Gasteiger partial charge is 0.231 e. The number of nitrogens with two attached hydrogens (primary N) is 2. The molecule has 0 aliphatic carbocycles. The van der Waals surface area contributed by atoms with Gasteiger partial charge >= 0.3 is 0 Å². The average Bonchev–Trinajstić information content (AvgIpc) is 2.52. The number of hydrogen-bond acceptors (Lipinski definition) is 4. The molecule has 0 aromatic carbocycles. The number of ketones is 1. The molecule has 1 aliphatic rings. The van der Waals surface area contributed by atoms with E-state index in [1.54, 1.807) is 6.92 Å². The lowest BCUT2D eigenvalue weighted by Gasteiger charge is -2.14. The molecule has 0 saturated carbocycles. The fourth-order valence-electron chi connectivity index (χ4n) is 1.42. The molecule has 5 heteroatoms. The van der Waals surface area contributed by atoms with Crippen LogP contribution in [0, 0.1) is 0 Å². The summed E-state index contributed by atoms with van der Waals surface area (Å²) in [4.78, 5) is 22.4. The quantitative estimate of drug-likeness (QED) is 0.606. The number of carbonyl (C=O) groups is 2. The van der Waals surface area contributed by atoms with Gasteiger partial charge in [0.1, 0.15) is 5.78 Å². The van der Waals surface area contributed by atoms with Gasteiger partial charge in [0.15, 0.2) is 0 Å². The molecular weight excluding hydrogens is 182 g/mol. The van der Waals surface area contributed by atoms with Gasteiger partial charge in [-0.15, -0.1) is 0 Å². The first-order chi connectivity index (χ1) is 6.49. The minimum absolute atomic E-state index is 0.0556. The first-order valence-corrected chi connectivity index (χ1v) is 4.68. The Hall–Kier alpha value is -0.940. The molecule has 5 nitrogen and oxygen atoms in total. The van der Waals surface area contributed by atoms with E-state index in [1.165, 1.54) is 6.42 Å². The van der Waals surface area contributed by atoms with Gasteiger partial charge in [-0.3, -0.25) is 14.5 Å². The number of primary amides is 1. The van der Waals surface area contributed by atoms with Crippen molar-refractivity contribution in [3.8, 4) is 0 Å². The highest BCUT2D eigenvalue weighted by atomic mass is 16.1. The SMILES string of the molecule is CC(=O)C1CCCN1C.NCC(N)=O. The van der Waals surface area contributed by atoms with Crippen molar-refractivity contribution in [2.75, 3.05) is 20.1 Å². The lowest BCUT2D eigenvalue weighted by atomic mass is 10.1. The molecule has 1 saturated heterocycles. The molecule has 0 aromatic rings. The van der Waals surface area contributed by atoms with Crippen LogP contribution < -0.4 is 11.5 Å². The zero-order valence-corrected chi connectivity index (χ0v) is 8.82. The molecule has 1 heterocycles. The van der Waals surface area contributed by atoms with E-state index in [2.05, 4.69) is 10.6 Å². The second-order valence-corrected chi connectivity index (χ2v) is 3.42. The summed E-state index contributed by atoms with van der Waals surface area (Å²) in [6, 6.07) is 0.227. The summed E-state index contributed by atoms with van der Waals surface area (Å²) < 4.78 is 0. The van der Waals surface area contributed by atoms with E-state index in [9.17, 15) is 9.59 Å². The Kier molecular flexibility index (Phi) is 6.07. The highest BCUT2D eigenvalue weighted by molar-refractivity contribution is 5.81. The summed E-state index contributed by atoms with van der Waals surface area (Å²) in [5.41, 5.74) is 9.22. The maximum Gasteiger partial charge on any atom is 0.231 e. The van der Waals surface area contributed by atoms with E-state index in [0.717, 1.165) is 13.0 Å². The third-order valence-corrected chi connectivity index (χ3v) is 2.19. The molecule has 1 unspecified atom stereocenters. The van der Waals surface area contributed by atoms with Crippen LogP contribution in [0.4, 0.5) is 0 Å². The molecule has 1 atom stereocenters. The fourth-order valence-corrected chi connectivity index (χ4v) is 1.42. The average molecular weight is 201 g/mol.